The minimum absolute atomic E-state index is 0.113. The molecule has 0 bridgehead atoms. The van der Waals surface area contributed by atoms with E-state index in [0.717, 1.165) is 0 Å². The van der Waals surface area contributed by atoms with Crippen LogP contribution in [0.5, 0.6) is 11.5 Å². The van der Waals surface area contributed by atoms with Crippen LogP contribution in [-0.2, 0) is 0 Å². The Labute approximate surface area is 75.9 Å². The third-order valence-corrected chi connectivity index (χ3v) is 1.82. The fourth-order valence-electron chi connectivity index (χ4n) is 1.08. The standard InChI is InChI=1S/C9H12FNO2/c1-5(11)6-3-4-7(13-2)9(12)8(6)10/h3-5,12H,11H2,1-2H3. The molecule has 0 aliphatic heterocycles. The second-order valence-electron chi connectivity index (χ2n) is 2.81. The van der Waals surface area contributed by atoms with Crippen molar-refractivity contribution in [2.75, 3.05) is 7.11 Å². The van der Waals surface area contributed by atoms with Crippen molar-refractivity contribution in [3.63, 3.8) is 0 Å². The third-order valence-electron chi connectivity index (χ3n) is 1.82. The Morgan fingerprint density at radius 1 is 1.54 bits per heavy atom. The Balaban J connectivity index is 3.23. The molecular weight excluding hydrogens is 173 g/mol. The molecule has 72 valence electrons. The largest absolute Gasteiger partial charge is 0.502 e. The van der Waals surface area contributed by atoms with Gasteiger partial charge < -0.3 is 15.6 Å². The van der Waals surface area contributed by atoms with Crippen molar-refractivity contribution in [2.24, 2.45) is 5.73 Å². The summed E-state index contributed by atoms with van der Waals surface area (Å²) in [4.78, 5) is 0. The van der Waals surface area contributed by atoms with Crippen molar-refractivity contribution in [2.45, 2.75) is 13.0 Å². The van der Waals surface area contributed by atoms with E-state index < -0.39 is 17.6 Å². The quantitative estimate of drug-likeness (QED) is 0.735. The number of halogens is 1. The molecule has 1 aromatic rings. The Morgan fingerprint density at radius 3 is 2.62 bits per heavy atom. The molecule has 1 atom stereocenters. The highest BCUT2D eigenvalue weighted by Crippen LogP contribution is 2.32. The number of rotatable bonds is 2. The molecule has 3 N–H and O–H groups in total. The van der Waals surface area contributed by atoms with E-state index in [-0.39, 0.29) is 11.3 Å². The predicted octanol–water partition coefficient (Wildman–Crippen LogP) is 1.56. The Hall–Kier alpha value is -1.29. The van der Waals surface area contributed by atoms with Crippen molar-refractivity contribution in [3.05, 3.63) is 23.5 Å². The van der Waals surface area contributed by atoms with E-state index in [4.69, 9.17) is 10.5 Å². The maximum atomic E-state index is 13.3. The number of hydrogen-bond donors (Lipinski definition) is 2. The molecule has 0 saturated carbocycles. The number of aromatic hydroxyl groups is 1. The molecule has 4 heteroatoms. The molecule has 0 fully saturated rings. The highest BCUT2D eigenvalue weighted by molar-refractivity contribution is 5.44. The molecule has 0 aliphatic rings. The number of nitrogens with two attached hydrogens (primary N) is 1. The van der Waals surface area contributed by atoms with Gasteiger partial charge in [-0.2, -0.15) is 0 Å². The van der Waals surface area contributed by atoms with Crippen molar-refractivity contribution in [1.82, 2.24) is 0 Å². The summed E-state index contributed by atoms with van der Waals surface area (Å²) in [5.41, 5.74) is 5.76. The third kappa shape index (κ3) is 1.72. The van der Waals surface area contributed by atoms with Gasteiger partial charge in [0.05, 0.1) is 7.11 Å². The molecule has 0 aromatic heterocycles. The summed E-state index contributed by atoms with van der Waals surface area (Å²) in [7, 11) is 1.36. The zero-order chi connectivity index (χ0) is 10.0. The monoisotopic (exact) mass is 185 g/mol. The van der Waals surface area contributed by atoms with Crippen LogP contribution in [0, 0.1) is 5.82 Å². The molecule has 0 radical (unpaired) electrons. The fourth-order valence-corrected chi connectivity index (χ4v) is 1.08. The number of benzene rings is 1. The van der Waals surface area contributed by atoms with Gasteiger partial charge in [0.15, 0.2) is 17.3 Å². The first-order valence-electron chi connectivity index (χ1n) is 3.89. The molecule has 0 aliphatic carbocycles. The number of hydrogen-bond acceptors (Lipinski definition) is 3. The molecule has 0 amide bonds. The Bertz CT molecular complexity index is 313. The number of methoxy groups -OCH3 is 1. The predicted molar refractivity (Wildman–Crippen MR) is 47.2 cm³/mol. The molecule has 0 spiro atoms. The van der Waals surface area contributed by atoms with E-state index in [1.54, 1.807) is 6.92 Å². The van der Waals surface area contributed by atoms with E-state index in [2.05, 4.69) is 0 Å². The van der Waals surface area contributed by atoms with Crippen molar-refractivity contribution < 1.29 is 14.2 Å². The zero-order valence-corrected chi connectivity index (χ0v) is 7.54. The molecule has 1 unspecified atom stereocenters. The van der Waals surface area contributed by atoms with Crippen LogP contribution in [0.3, 0.4) is 0 Å². The average Bonchev–Trinajstić information content (AvgIpc) is 2.09. The minimum Gasteiger partial charge on any atom is -0.502 e. The minimum atomic E-state index is -0.714. The number of phenolic OH excluding ortho intramolecular Hbond substituents is 1. The van der Waals surface area contributed by atoms with Crippen LogP contribution in [0.25, 0.3) is 0 Å². The SMILES string of the molecule is COc1ccc(C(C)N)c(F)c1O. The summed E-state index contributed by atoms with van der Waals surface area (Å²) >= 11 is 0. The second-order valence-corrected chi connectivity index (χ2v) is 2.81. The lowest BCUT2D eigenvalue weighted by atomic mass is 10.1. The van der Waals surface area contributed by atoms with Gasteiger partial charge in [-0.3, -0.25) is 0 Å². The fraction of sp³-hybridized carbons (Fsp3) is 0.333. The van der Waals surface area contributed by atoms with Crippen molar-refractivity contribution >= 4 is 0 Å². The first-order chi connectivity index (χ1) is 6.07. The molecule has 1 aromatic carbocycles. The summed E-state index contributed by atoms with van der Waals surface area (Å²) in [6.45, 7) is 1.64. The van der Waals surface area contributed by atoms with Gasteiger partial charge in [-0.1, -0.05) is 6.07 Å². The van der Waals surface area contributed by atoms with Crippen molar-refractivity contribution in [1.29, 1.82) is 0 Å². The van der Waals surface area contributed by atoms with Crippen LogP contribution >= 0.6 is 0 Å². The summed E-state index contributed by atoms with van der Waals surface area (Å²) in [6, 6.07) is 2.53. The van der Waals surface area contributed by atoms with Gasteiger partial charge in [0, 0.05) is 11.6 Å². The summed E-state index contributed by atoms with van der Waals surface area (Å²) in [5.74, 6) is -1.09. The Kier molecular flexibility index (Phi) is 2.72. The van der Waals surface area contributed by atoms with Crippen molar-refractivity contribution in [3.8, 4) is 11.5 Å². The van der Waals surface area contributed by atoms with Gasteiger partial charge in [-0.15, -0.1) is 0 Å². The molecule has 0 saturated heterocycles. The highest BCUT2D eigenvalue weighted by atomic mass is 19.1. The van der Waals surface area contributed by atoms with Gasteiger partial charge in [0.25, 0.3) is 0 Å². The van der Waals surface area contributed by atoms with E-state index in [9.17, 15) is 9.50 Å². The highest BCUT2D eigenvalue weighted by Gasteiger charge is 2.14. The van der Waals surface area contributed by atoms with Crippen LogP contribution in [-0.4, -0.2) is 12.2 Å². The zero-order valence-electron chi connectivity index (χ0n) is 7.54. The van der Waals surface area contributed by atoms with Gasteiger partial charge in [-0.05, 0) is 13.0 Å². The van der Waals surface area contributed by atoms with E-state index >= 15 is 0 Å². The summed E-state index contributed by atoms with van der Waals surface area (Å²) in [6.07, 6.45) is 0. The lowest BCUT2D eigenvalue weighted by Crippen LogP contribution is -2.07. The maximum absolute atomic E-state index is 13.3. The van der Waals surface area contributed by atoms with Gasteiger partial charge in [-0.25, -0.2) is 4.39 Å². The molecule has 0 heterocycles. The van der Waals surface area contributed by atoms with Crippen LogP contribution in [0.15, 0.2) is 12.1 Å². The van der Waals surface area contributed by atoms with E-state index in [0.29, 0.717) is 0 Å². The molecule has 1 rings (SSSR count). The van der Waals surface area contributed by atoms with Gasteiger partial charge in [0.1, 0.15) is 0 Å². The number of ether oxygens (including phenoxy) is 1. The first-order valence-corrected chi connectivity index (χ1v) is 3.89. The van der Waals surface area contributed by atoms with Crippen LogP contribution in [0.4, 0.5) is 4.39 Å². The normalized spacial score (nSPS) is 12.6. The lowest BCUT2D eigenvalue weighted by molar-refractivity contribution is 0.354. The average molecular weight is 185 g/mol. The van der Waals surface area contributed by atoms with Crippen LogP contribution in [0.2, 0.25) is 0 Å². The molecule has 3 nitrogen and oxygen atoms in total. The smallest absolute Gasteiger partial charge is 0.194 e. The molecule has 13 heavy (non-hydrogen) atoms. The Morgan fingerprint density at radius 2 is 2.15 bits per heavy atom. The first kappa shape index (κ1) is 9.80. The van der Waals surface area contributed by atoms with E-state index in [1.165, 1.54) is 19.2 Å². The second kappa shape index (κ2) is 3.62. The summed E-state index contributed by atoms with van der Waals surface area (Å²) in [5, 5.41) is 9.27. The number of phenols is 1. The maximum Gasteiger partial charge on any atom is 0.194 e. The van der Waals surface area contributed by atoms with Gasteiger partial charge >= 0.3 is 0 Å². The molecular formula is C9H12FNO2. The lowest BCUT2D eigenvalue weighted by Gasteiger charge is -2.10. The van der Waals surface area contributed by atoms with Crippen LogP contribution in [0.1, 0.15) is 18.5 Å². The summed E-state index contributed by atoms with van der Waals surface area (Å²) < 4.78 is 18.0. The van der Waals surface area contributed by atoms with E-state index in [1.807, 2.05) is 0 Å². The van der Waals surface area contributed by atoms with Crippen LogP contribution < -0.4 is 10.5 Å². The topological polar surface area (TPSA) is 55.5 Å². The van der Waals surface area contributed by atoms with Gasteiger partial charge in [0.2, 0.25) is 0 Å².